The first-order valence-corrected chi connectivity index (χ1v) is 9.86. The maximum absolute atomic E-state index is 6.34. The average molecular weight is 371 g/mol. The van der Waals surface area contributed by atoms with Crippen LogP contribution in [0.4, 0.5) is 5.69 Å². The molecule has 1 unspecified atom stereocenters. The molecular formula is C24H25N3O. The standard InChI is InChI=1S/C24H25N3O/c1-15-9-11-20-21-12-10-16(2)25-24(21)28-23(20)22(15)27-14-19-8-6-5-7-18(19)13-26(4)17(27)3/h5-12,17H,13-14H2,1-4H3. The summed E-state index contributed by atoms with van der Waals surface area (Å²) in [6.45, 7) is 8.26. The van der Waals surface area contributed by atoms with Crippen LogP contribution in [0, 0.1) is 13.8 Å². The van der Waals surface area contributed by atoms with Gasteiger partial charge < -0.3 is 9.32 Å². The quantitative estimate of drug-likeness (QED) is 0.449. The van der Waals surface area contributed by atoms with Gasteiger partial charge in [-0.05, 0) is 56.6 Å². The third-order valence-electron chi connectivity index (χ3n) is 6.08. The predicted molar refractivity (Wildman–Crippen MR) is 115 cm³/mol. The number of rotatable bonds is 1. The molecule has 3 heterocycles. The number of pyridine rings is 1. The molecule has 2 aromatic heterocycles. The molecule has 1 atom stereocenters. The van der Waals surface area contributed by atoms with E-state index < -0.39 is 0 Å². The molecule has 0 fully saturated rings. The zero-order valence-corrected chi connectivity index (χ0v) is 16.9. The number of aromatic nitrogens is 1. The van der Waals surface area contributed by atoms with Crippen LogP contribution in [0.5, 0.6) is 0 Å². The number of fused-ring (bicyclic) bond motifs is 4. The molecule has 0 bridgehead atoms. The SMILES string of the molecule is Cc1ccc2c(n1)oc1c(N3Cc4ccccc4CN(C)C3C)c(C)ccc12. The lowest BCUT2D eigenvalue weighted by atomic mass is 10.1. The Kier molecular flexibility index (Phi) is 3.91. The van der Waals surface area contributed by atoms with Crippen LogP contribution in [0.15, 0.2) is 52.9 Å². The second-order valence-electron chi connectivity index (χ2n) is 7.96. The van der Waals surface area contributed by atoms with Gasteiger partial charge in [0.25, 0.3) is 0 Å². The molecule has 4 heteroatoms. The lowest BCUT2D eigenvalue weighted by Crippen LogP contribution is -2.42. The fourth-order valence-electron chi connectivity index (χ4n) is 4.34. The molecule has 0 saturated heterocycles. The van der Waals surface area contributed by atoms with Crippen molar-refractivity contribution in [3.05, 3.63) is 70.9 Å². The molecule has 2 aromatic carbocycles. The van der Waals surface area contributed by atoms with E-state index in [1.54, 1.807) is 0 Å². The normalized spacial score (nSPS) is 17.9. The Labute approximate surface area is 165 Å². The largest absolute Gasteiger partial charge is 0.436 e. The van der Waals surface area contributed by atoms with Crippen molar-refractivity contribution in [2.45, 2.75) is 40.0 Å². The summed E-state index contributed by atoms with van der Waals surface area (Å²) in [5.74, 6) is 0. The summed E-state index contributed by atoms with van der Waals surface area (Å²) in [5, 5.41) is 2.22. The summed E-state index contributed by atoms with van der Waals surface area (Å²) < 4.78 is 6.34. The Hall–Kier alpha value is -2.85. The van der Waals surface area contributed by atoms with Gasteiger partial charge in [0, 0.05) is 29.6 Å². The van der Waals surface area contributed by atoms with E-state index in [9.17, 15) is 0 Å². The van der Waals surface area contributed by atoms with Crippen LogP contribution in [0.25, 0.3) is 22.1 Å². The number of nitrogens with zero attached hydrogens (tertiary/aromatic N) is 3. The first-order chi connectivity index (χ1) is 13.5. The van der Waals surface area contributed by atoms with Crippen molar-refractivity contribution in [3.63, 3.8) is 0 Å². The van der Waals surface area contributed by atoms with Gasteiger partial charge in [-0.25, -0.2) is 4.98 Å². The summed E-state index contributed by atoms with van der Waals surface area (Å²) in [4.78, 5) is 9.49. The van der Waals surface area contributed by atoms with Gasteiger partial charge in [0.05, 0.1) is 11.9 Å². The number of benzene rings is 2. The van der Waals surface area contributed by atoms with Gasteiger partial charge in [0.15, 0.2) is 5.58 Å². The van der Waals surface area contributed by atoms with Crippen LogP contribution in [0.2, 0.25) is 0 Å². The average Bonchev–Trinajstić information content (AvgIpc) is 2.98. The van der Waals surface area contributed by atoms with E-state index >= 15 is 0 Å². The van der Waals surface area contributed by atoms with Gasteiger partial charge in [0.2, 0.25) is 5.71 Å². The summed E-state index contributed by atoms with van der Waals surface area (Å²) in [5.41, 5.74) is 7.80. The minimum Gasteiger partial charge on any atom is -0.436 e. The van der Waals surface area contributed by atoms with Crippen molar-refractivity contribution >= 4 is 27.8 Å². The zero-order chi connectivity index (χ0) is 19.4. The van der Waals surface area contributed by atoms with Crippen molar-refractivity contribution in [2.75, 3.05) is 11.9 Å². The van der Waals surface area contributed by atoms with Crippen LogP contribution in [-0.4, -0.2) is 23.1 Å². The molecule has 0 aliphatic carbocycles. The van der Waals surface area contributed by atoms with Gasteiger partial charge >= 0.3 is 0 Å². The highest BCUT2D eigenvalue weighted by molar-refractivity contribution is 6.08. The smallest absolute Gasteiger partial charge is 0.227 e. The minimum atomic E-state index is 0.250. The van der Waals surface area contributed by atoms with Crippen molar-refractivity contribution in [2.24, 2.45) is 0 Å². The Morgan fingerprint density at radius 3 is 2.43 bits per heavy atom. The molecule has 1 aliphatic heterocycles. The molecule has 28 heavy (non-hydrogen) atoms. The molecule has 0 saturated carbocycles. The van der Waals surface area contributed by atoms with E-state index in [4.69, 9.17) is 4.42 Å². The summed E-state index contributed by atoms with van der Waals surface area (Å²) in [6.07, 6.45) is 0.250. The first kappa shape index (κ1) is 17.3. The van der Waals surface area contributed by atoms with E-state index in [0.29, 0.717) is 0 Å². The van der Waals surface area contributed by atoms with Crippen LogP contribution >= 0.6 is 0 Å². The second kappa shape index (κ2) is 6.35. The molecule has 1 aliphatic rings. The van der Waals surface area contributed by atoms with Crippen molar-refractivity contribution in [1.82, 2.24) is 9.88 Å². The third-order valence-corrected chi connectivity index (χ3v) is 6.08. The number of aryl methyl sites for hydroxylation is 2. The van der Waals surface area contributed by atoms with Gasteiger partial charge in [-0.15, -0.1) is 0 Å². The fraction of sp³-hybridized carbons (Fsp3) is 0.292. The minimum absolute atomic E-state index is 0.250. The molecule has 142 valence electrons. The van der Waals surface area contributed by atoms with Crippen molar-refractivity contribution in [1.29, 1.82) is 0 Å². The van der Waals surface area contributed by atoms with Crippen LogP contribution in [0.3, 0.4) is 0 Å². The summed E-state index contributed by atoms with van der Waals surface area (Å²) in [7, 11) is 2.19. The Morgan fingerprint density at radius 1 is 0.929 bits per heavy atom. The molecule has 4 nitrogen and oxygen atoms in total. The van der Waals surface area contributed by atoms with E-state index in [1.807, 2.05) is 6.92 Å². The summed E-state index contributed by atoms with van der Waals surface area (Å²) in [6, 6.07) is 17.3. The lowest BCUT2D eigenvalue weighted by molar-refractivity contribution is 0.248. The Balaban J connectivity index is 1.75. The monoisotopic (exact) mass is 371 g/mol. The van der Waals surface area contributed by atoms with E-state index in [-0.39, 0.29) is 6.17 Å². The maximum atomic E-state index is 6.34. The van der Waals surface area contributed by atoms with Gasteiger partial charge in [-0.2, -0.15) is 0 Å². The number of hydrogen-bond acceptors (Lipinski definition) is 4. The van der Waals surface area contributed by atoms with Gasteiger partial charge in [-0.3, -0.25) is 4.90 Å². The predicted octanol–water partition coefficient (Wildman–Crippen LogP) is 5.40. The maximum Gasteiger partial charge on any atom is 0.227 e. The molecular weight excluding hydrogens is 346 g/mol. The highest BCUT2D eigenvalue weighted by Gasteiger charge is 2.28. The first-order valence-electron chi connectivity index (χ1n) is 9.86. The fourth-order valence-corrected chi connectivity index (χ4v) is 4.34. The van der Waals surface area contributed by atoms with E-state index in [2.05, 4.69) is 84.2 Å². The van der Waals surface area contributed by atoms with Crippen molar-refractivity contribution in [3.8, 4) is 0 Å². The van der Waals surface area contributed by atoms with Crippen LogP contribution < -0.4 is 4.90 Å². The highest BCUT2D eigenvalue weighted by Crippen LogP contribution is 2.39. The second-order valence-corrected chi connectivity index (χ2v) is 7.96. The van der Waals surface area contributed by atoms with Gasteiger partial charge in [0.1, 0.15) is 0 Å². The Bertz CT molecular complexity index is 1190. The third kappa shape index (κ3) is 2.60. The van der Waals surface area contributed by atoms with Crippen molar-refractivity contribution < 1.29 is 4.42 Å². The summed E-state index contributed by atoms with van der Waals surface area (Å²) >= 11 is 0. The van der Waals surface area contributed by atoms with Crippen LogP contribution in [-0.2, 0) is 13.1 Å². The zero-order valence-electron chi connectivity index (χ0n) is 16.9. The molecule has 4 aromatic rings. The highest BCUT2D eigenvalue weighted by atomic mass is 16.3. The lowest BCUT2D eigenvalue weighted by Gasteiger charge is -2.35. The van der Waals surface area contributed by atoms with Gasteiger partial charge in [-0.1, -0.05) is 36.4 Å². The number of furan rings is 1. The molecule has 0 radical (unpaired) electrons. The van der Waals surface area contributed by atoms with E-state index in [1.165, 1.54) is 22.4 Å². The molecule has 5 rings (SSSR count). The Morgan fingerprint density at radius 2 is 1.64 bits per heavy atom. The number of hydrogen-bond donors (Lipinski definition) is 0. The molecule has 0 spiro atoms. The number of anilines is 1. The topological polar surface area (TPSA) is 32.5 Å². The molecule has 0 amide bonds. The molecule has 0 N–H and O–H groups in total. The van der Waals surface area contributed by atoms with Crippen LogP contribution in [0.1, 0.15) is 29.3 Å². The van der Waals surface area contributed by atoms with E-state index in [0.717, 1.165) is 40.9 Å².